The first-order valence-electron chi connectivity index (χ1n) is 9.14. The first-order chi connectivity index (χ1) is 14.5. The van der Waals surface area contributed by atoms with E-state index < -0.39 is 11.6 Å². The normalized spacial score (nSPS) is 12.5. The molecule has 0 aliphatic heterocycles. The minimum Gasteiger partial charge on any atom is -0.285 e. The number of carbonyl (C=O) groups is 2. The lowest BCUT2D eigenvalue weighted by atomic mass is 9.89. The van der Waals surface area contributed by atoms with Crippen molar-refractivity contribution in [2.45, 2.75) is 0 Å². The van der Waals surface area contributed by atoms with Crippen LogP contribution in [0.15, 0.2) is 72.8 Å². The number of Topliss-reactive ketones (excluding diaryl/α,β-unsaturated/α-hetero) is 2. The Morgan fingerprint density at radius 1 is 0.500 bits per heavy atom. The highest BCUT2D eigenvalue weighted by Gasteiger charge is 2.33. The van der Waals surface area contributed by atoms with Crippen LogP contribution in [0.4, 0.5) is 0 Å². The van der Waals surface area contributed by atoms with Crippen LogP contribution in [0.1, 0.15) is 20.7 Å². The highest BCUT2D eigenvalue weighted by molar-refractivity contribution is 6.52. The van der Waals surface area contributed by atoms with E-state index >= 15 is 0 Å². The van der Waals surface area contributed by atoms with E-state index in [0.29, 0.717) is 32.8 Å². The third kappa shape index (κ3) is 3.11. The number of hydrogen-bond donors (Lipinski definition) is 0. The second-order valence-electron chi connectivity index (χ2n) is 6.86. The molecule has 30 heavy (non-hydrogen) atoms. The van der Waals surface area contributed by atoms with Crippen molar-refractivity contribution in [3.8, 4) is 33.9 Å². The summed E-state index contributed by atoms with van der Waals surface area (Å²) in [5, 5.41) is 1.24. The molecule has 0 spiro atoms. The van der Waals surface area contributed by atoms with E-state index in [1.807, 2.05) is 24.3 Å². The molecule has 144 valence electrons. The van der Waals surface area contributed by atoms with Crippen molar-refractivity contribution in [2.24, 2.45) is 0 Å². The first-order valence-corrected chi connectivity index (χ1v) is 9.90. The van der Waals surface area contributed by atoms with Crippen molar-refractivity contribution in [3.63, 3.8) is 0 Å². The Morgan fingerprint density at radius 3 is 1.23 bits per heavy atom. The monoisotopic (exact) mass is 430 g/mol. The van der Waals surface area contributed by atoms with Crippen LogP contribution in [0.3, 0.4) is 0 Å². The summed E-state index contributed by atoms with van der Waals surface area (Å²) in [6.07, 6.45) is 0. The van der Waals surface area contributed by atoms with Gasteiger partial charge in [-0.3, -0.25) is 9.59 Å². The van der Waals surface area contributed by atoms with Gasteiger partial charge in [0.15, 0.2) is 0 Å². The fourth-order valence-electron chi connectivity index (χ4n) is 3.45. The molecule has 4 nitrogen and oxygen atoms in total. The number of ketones is 2. The quantitative estimate of drug-likeness (QED) is 0.357. The maximum Gasteiger partial charge on any atom is 0.235 e. The molecule has 0 N–H and O–H groups in total. The molecule has 2 aromatic heterocycles. The third-order valence-electron chi connectivity index (χ3n) is 4.99. The number of benzene rings is 2. The van der Waals surface area contributed by atoms with Crippen molar-refractivity contribution in [3.05, 3.63) is 94.0 Å². The van der Waals surface area contributed by atoms with Crippen LogP contribution in [0.2, 0.25) is 10.0 Å². The molecular formula is C24H12Cl2N2O2. The van der Waals surface area contributed by atoms with Crippen LogP contribution in [-0.2, 0) is 0 Å². The summed E-state index contributed by atoms with van der Waals surface area (Å²) in [6, 6.07) is 21.2. The van der Waals surface area contributed by atoms with Gasteiger partial charge in [-0.2, -0.15) is 0 Å². The van der Waals surface area contributed by atoms with E-state index in [9.17, 15) is 9.59 Å². The van der Waals surface area contributed by atoms with Crippen LogP contribution in [0.5, 0.6) is 0 Å². The van der Waals surface area contributed by atoms with Crippen LogP contribution in [0, 0.1) is 0 Å². The minimum absolute atomic E-state index is 0.256. The predicted octanol–water partition coefficient (Wildman–Crippen LogP) is 6.16. The molecule has 1 aliphatic carbocycles. The van der Waals surface area contributed by atoms with Crippen molar-refractivity contribution in [1.82, 2.24) is 9.97 Å². The highest BCUT2D eigenvalue weighted by atomic mass is 35.5. The van der Waals surface area contributed by atoms with Gasteiger partial charge in [-0.1, -0.05) is 47.5 Å². The van der Waals surface area contributed by atoms with Crippen molar-refractivity contribution in [2.75, 3.05) is 0 Å². The standard InChI is InChI=1S/C24H12Cl2N2O2/c25-15-5-1-13(2-6-15)19-11-9-17-21(27-19)22-18(24(30)23(17)29)10-12-20(28-22)14-3-7-16(26)8-4-14/h1-12H. The summed E-state index contributed by atoms with van der Waals surface area (Å²) >= 11 is 12.0. The molecule has 0 radical (unpaired) electrons. The highest BCUT2D eigenvalue weighted by Crippen LogP contribution is 2.34. The fraction of sp³-hybridized carbons (Fsp3) is 0. The zero-order valence-corrected chi connectivity index (χ0v) is 16.9. The Bertz CT molecular complexity index is 1230. The molecule has 0 bridgehead atoms. The molecule has 2 aromatic carbocycles. The molecule has 6 heteroatoms. The lowest BCUT2D eigenvalue weighted by molar-refractivity contribution is 0.0814. The SMILES string of the molecule is O=C1C(=O)c2ccc(-c3ccc(Cl)cc3)nc2-c2nc(-c3ccc(Cl)cc3)ccc21. The summed E-state index contributed by atoms with van der Waals surface area (Å²) in [4.78, 5) is 34.6. The minimum atomic E-state index is -0.575. The molecule has 0 unspecified atom stereocenters. The second kappa shape index (κ2) is 7.17. The van der Waals surface area contributed by atoms with Gasteiger partial charge in [0.25, 0.3) is 0 Å². The number of nitrogens with zero attached hydrogens (tertiary/aromatic N) is 2. The Labute approximate surface area is 182 Å². The summed E-state index contributed by atoms with van der Waals surface area (Å²) in [5.74, 6) is -1.15. The van der Waals surface area contributed by atoms with E-state index in [0.717, 1.165) is 11.1 Å². The van der Waals surface area contributed by atoms with E-state index in [1.54, 1.807) is 48.5 Å². The molecule has 0 saturated heterocycles. The van der Waals surface area contributed by atoms with Gasteiger partial charge in [-0.05, 0) is 48.5 Å². The number of fused-ring (bicyclic) bond motifs is 3. The smallest absolute Gasteiger partial charge is 0.235 e. The molecule has 1 aliphatic rings. The van der Waals surface area contributed by atoms with Gasteiger partial charge < -0.3 is 0 Å². The summed E-state index contributed by atoms with van der Waals surface area (Å²) in [6.45, 7) is 0. The maximum absolute atomic E-state index is 12.6. The number of aromatic nitrogens is 2. The van der Waals surface area contributed by atoms with Gasteiger partial charge >= 0.3 is 0 Å². The van der Waals surface area contributed by atoms with Gasteiger partial charge in [-0.15, -0.1) is 0 Å². The first kappa shape index (κ1) is 18.7. The number of rotatable bonds is 2. The van der Waals surface area contributed by atoms with Gasteiger partial charge in [0.1, 0.15) is 11.4 Å². The van der Waals surface area contributed by atoms with Crippen LogP contribution >= 0.6 is 23.2 Å². The summed E-state index contributed by atoms with van der Waals surface area (Å²) < 4.78 is 0. The third-order valence-corrected chi connectivity index (χ3v) is 5.49. The molecule has 0 saturated carbocycles. The Balaban J connectivity index is 1.70. The van der Waals surface area contributed by atoms with E-state index in [1.165, 1.54) is 0 Å². The molecule has 5 rings (SSSR count). The molecular weight excluding hydrogens is 419 g/mol. The number of pyridine rings is 2. The van der Waals surface area contributed by atoms with E-state index in [-0.39, 0.29) is 11.1 Å². The lowest BCUT2D eigenvalue weighted by Gasteiger charge is -2.18. The van der Waals surface area contributed by atoms with Crippen LogP contribution < -0.4 is 0 Å². The zero-order valence-electron chi connectivity index (χ0n) is 15.4. The number of hydrogen-bond acceptors (Lipinski definition) is 4. The Kier molecular flexibility index (Phi) is 4.46. The Morgan fingerprint density at radius 2 is 0.867 bits per heavy atom. The van der Waals surface area contributed by atoms with E-state index in [4.69, 9.17) is 23.2 Å². The molecule has 4 aromatic rings. The van der Waals surface area contributed by atoms with Gasteiger partial charge in [0.05, 0.1) is 22.5 Å². The average molecular weight is 431 g/mol. The van der Waals surface area contributed by atoms with Gasteiger partial charge in [-0.25, -0.2) is 9.97 Å². The van der Waals surface area contributed by atoms with Crippen molar-refractivity contribution >= 4 is 34.8 Å². The molecule has 0 atom stereocenters. The van der Waals surface area contributed by atoms with Gasteiger partial charge in [0.2, 0.25) is 11.6 Å². The second-order valence-corrected chi connectivity index (χ2v) is 7.73. The predicted molar refractivity (Wildman–Crippen MR) is 117 cm³/mol. The largest absolute Gasteiger partial charge is 0.285 e. The number of carbonyl (C=O) groups excluding carboxylic acids is 2. The van der Waals surface area contributed by atoms with Crippen LogP contribution in [-0.4, -0.2) is 21.5 Å². The zero-order chi connectivity index (χ0) is 20.8. The lowest BCUT2D eigenvalue weighted by Crippen LogP contribution is -2.23. The van der Waals surface area contributed by atoms with Crippen molar-refractivity contribution < 1.29 is 9.59 Å². The van der Waals surface area contributed by atoms with Crippen LogP contribution in [0.25, 0.3) is 33.9 Å². The van der Waals surface area contributed by atoms with Crippen molar-refractivity contribution in [1.29, 1.82) is 0 Å². The molecule has 0 fully saturated rings. The Hall–Kier alpha value is -3.34. The maximum atomic E-state index is 12.6. The number of halogens is 2. The summed E-state index contributed by atoms with van der Waals surface area (Å²) in [5.41, 5.74) is 4.34. The summed E-state index contributed by atoms with van der Waals surface area (Å²) in [7, 11) is 0. The molecule has 2 heterocycles. The fourth-order valence-corrected chi connectivity index (χ4v) is 3.71. The van der Waals surface area contributed by atoms with Gasteiger partial charge in [0, 0.05) is 21.2 Å². The van der Waals surface area contributed by atoms with E-state index in [2.05, 4.69) is 9.97 Å². The average Bonchev–Trinajstić information content (AvgIpc) is 2.78. The topological polar surface area (TPSA) is 59.9 Å². The molecule has 0 amide bonds.